The first-order chi connectivity index (χ1) is 8.84. The maximum absolute atomic E-state index is 12.5. The lowest BCUT2D eigenvalue weighted by atomic mass is 10.0. The fraction of sp³-hybridized carbons (Fsp3) is 0.500. The average Bonchev–Trinajstić information content (AvgIpc) is 2.36. The van der Waals surface area contributed by atoms with Crippen molar-refractivity contribution in [1.82, 2.24) is 4.31 Å². The first kappa shape index (κ1) is 15.4. The van der Waals surface area contributed by atoms with Gasteiger partial charge in [0.15, 0.2) is 0 Å². The molecule has 0 aromatic heterocycles. The van der Waals surface area contributed by atoms with Crippen LogP contribution in [0.3, 0.4) is 0 Å². The summed E-state index contributed by atoms with van der Waals surface area (Å²) in [6, 6.07) is 2.86. The maximum Gasteiger partial charge on any atom is 0.244 e. The molecule has 19 heavy (non-hydrogen) atoms. The number of nitrogens with zero attached hydrogens (tertiary/aromatic N) is 1. The van der Waals surface area contributed by atoms with E-state index in [2.05, 4.69) is 6.92 Å². The summed E-state index contributed by atoms with van der Waals surface area (Å²) < 4.78 is 26.5. The fourth-order valence-corrected chi connectivity index (χ4v) is 4.49. The van der Waals surface area contributed by atoms with Gasteiger partial charge in [-0.1, -0.05) is 41.7 Å². The van der Waals surface area contributed by atoms with Gasteiger partial charge in [0.25, 0.3) is 0 Å². The molecule has 1 aromatic carbocycles. The minimum atomic E-state index is -3.60. The molecule has 1 aliphatic heterocycles. The van der Waals surface area contributed by atoms with E-state index in [1.54, 1.807) is 0 Å². The molecule has 1 aliphatic rings. The van der Waals surface area contributed by atoms with Crippen LogP contribution in [0, 0.1) is 5.92 Å². The Morgan fingerprint density at radius 2 is 1.68 bits per heavy atom. The van der Waals surface area contributed by atoms with Crippen molar-refractivity contribution in [2.45, 2.75) is 24.7 Å². The summed E-state index contributed by atoms with van der Waals surface area (Å²) in [6.07, 6.45) is 1.72. The van der Waals surface area contributed by atoms with Crippen molar-refractivity contribution in [3.8, 4) is 0 Å². The summed E-state index contributed by atoms with van der Waals surface area (Å²) in [7, 11) is -3.60. The Morgan fingerprint density at radius 3 is 2.26 bits per heavy atom. The second-order valence-electron chi connectivity index (χ2n) is 4.76. The van der Waals surface area contributed by atoms with Gasteiger partial charge >= 0.3 is 0 Å². The Kier molecular flexibility index (Phi) is 4.68. The third-order valence-corrected chi connectivity index (χ3v) is 6.71. The molecule has 0 atom stereocenters. The summed E-state index contributed by atoms with van der Waals surface area (Å²) in [5.41, 5.74) is 0. The lowest BCUT2D eigenvalue weighted by Gasteiger charge is -2.29. The molecule has 1 saturated heterocycles. The van der Waals surface area contributed by atoms with Gasteiger partial charge in [-0.05, 0) is 30.9 Å². The molecule has 0 radical (unpaired) electrons. The van der Waals surface area contributed by atoms with Gasteiger partial charge in [-0.2, -0.15) is 4.31 Å². The molecule has 0 N–H and O–H groups in total. The Bertz CT molecular complexity index is 581. The summed E-state index contributed by atoms with van der Waals surface area (Å²) in [5, 5.41) is 0.320. The highest BCUT2D eigenvalue weighted by Gasteiger charge is 2.30. The lowest BCUT2D eigenvalue weighted by molar-refractivity contribution is 0.288. The molecule has 7 heteroatoms. The van der Waals surface area contributed by atoms with Crippen LogP contribution < -0.4 is 0 Å². The van der Waals surface area contributed by atoms with Crippen LogP contribution in [-0.4, -0.2) is 25.8 Å². The number of piperidine rings is 1. The predicted molar refractivity (Wildman–Crippen MR) is 78.6 cm³/mol. The zero-order chi connectivity index (χ0) is 14.2. The molecular formula is C12H14Cl3NO2S. The number of halogens is 3. The van der Waals surface area contributed by atoms with Crippen molar-refractivity contribution >= 4 is 44.8 Å². The normalized spacial score (nSPS) is 18.7. The van der Waals surface area contributed by atoms with Crippen LogP contribution in [0.4, 0.5) is 0 Å². The summed E-state index contributed by atoms with van der Waals surface area (Å²) in [4.78, 5) is 0.0260. The molecule has 1 fully saturated rings. The van der Waals surface area contributed by atoms with Crippen molar-refractivity contribution in [2.75, 3.05) is 13.1 Å². The molecule has 0 bridgehead atoms. The third kappa shape index (κ3) is 3.03. The molecule has 0 aliphatic carbocycles. The molecule has 2 rings (SSSR count). The number of hydrogen-bond donors (Lipinski definition) is 0. The average molecular weight is 343 g/mol. The quantitative estimate of drug-likeness (QED) is 0.760. The van der Waals surface area contributed by atoms with Crippen LogP contribution in [-0.2, 0) is 10.0 Å². The van der Waals surface area contributed by atoms with Crippen molar-refractivity contribution in [1.29, 1.82) is 0 Å². The van der Waals surface area contributed by atoms with E-state index in [0.29, 0.717) is 19.0 Å². The van der Waals surface area contributed by atoms with Gasteiger partial charge in [0.1, 0.15) is 4.90 Å². The predicted octanol–water partition coefficient (Wildman–Crippen LogP) is 4.07. The van der Waals surface area contributed by atoms with Crippen LogP contribution in [0.5, 0.6) is 0 Å². The second kappa shape index (κ2) is 5.78. The lowest BCUT2D eigenvalue weighted by Crippen LogP contribution is -2.38. The molecule has 1 heterocycles. The van der Waals surface area contributed by atoms with Crippen LogP contribution in [0.25, 0.3) is 0 Å². The Labute approximate surface area is 128 Å². The highest BCUT2D eigenvalue weighted by atomic mass is 35.5. The van der Waals surface area contributed by atoms with Crippen molar-refractivity contribution in [2.24, 2.45) is 5.92 Å². The standard InChI is InChI=1S/C12H14Cl3NO2S/c1-8-4-6-16(7-5-8)19(17,18)10-3-2-9(13)11(14)12(10)15/h2-3,8H,4-7H2,1H3. The zero-order valence-corrected chi connectivity index (χ0v) is 13.5. The SMILES string of the molecule is CC1CCN(S(=O)(=O)c2ccc(Cl)c(Cl)c2Cl)CC1. The van der Waals surface area contributed by atoms with Gasteiger partial charge in [0.2, 0.25) is 10.0 Å². The molecule has 0 unspecified atom stereocenters. The van der Waals surface area contributed by atoms with Crippen LogP contribution >= 0.6 is 34.8 Å². The molecule has 106 valence electrons. The Balaban J connectivity index is 2.38. The highest BCUT2D eigenvalue weighted by Crippen LogP contribution is 2.36. The third-order valence-electron chi connectivity index (χ3n) is 3.36. The molecule has 1 aromatic rings. The van der Waals surface area contributed by atoms with Crippen LogP contribution in [0.2, 0.25) is 15.1 Å². The molecule has 0 amide bonds. The molecule has 3 nitrogen and oxygen atoms in total. The summed E-state index contributed by atoms with van der Waals surface area (Å²) >= 11 is 17.7. The van der Waals surface area contributed by atoms with E-state index in [4.69, 9.17) is 34.8 Å². The topological polar surface area (TPSA) is 37.4 Å². The second-order valence-corrected chi connectivity index (χ2v) is 7.83. The van der Waals surface area contributed by atoms with E-state index in [1.165, 1.54) is 16.4 Å². The largest absolute Gasteiger partial charge is 0.244 e. The highest BCUT2D eigenvalue weighted by molar-refractivity contribution is 7.89. The van der Waals surface area contributed by atoms with Crippen molar-refractivity contribution in [3.05, 3.63) is 27.2 Å². The fourth-order valence-electron chi connectivity index (χ4n) is 2.07. The molecule has 0 saturated carbocycles. The number of sulfonamides is 1. The summed E-state index contributed by atoms with van der Waals surface area (Å²) in [6.45, 7) is 3.15. The minimum absolute atomic E-state index is 0.00668. The van der Waals surface area contributed by atoms with E-state index in [-0.39, 0.29) is 20.0 Å². The van der Waals surface area contributed by atoms with E-state index >= 15 is 0 Å². The van der Waals surface area contributed by atoms with Gasteiger partial charge in [0.05, 0.1) is 15.1 Å². The monoisotopic (exact) mass is 341 g/mol. The van der Waals surface area contributed by atoms with E-state index in [1.807, 2.05) is 0 Å². The van der Waals surface area contributed by atoms with E-state index in [9.17, 15) is 8.42 Å². The minimum Gasteiger partial charge on any atom is -0.207 e. The molecular weight excluding hydrogens is 329 g/mol. The maximum atomic E-state index is 12.5. The van der Waals surface area contributed by atoms with Gasteiger partial charge in [-0.3, -0.25) is 0 Å². The van der Waals surface area contributed by atoms with Gasteiger partial charge in [-0.15, -0.1) is 0 Å². The van der Waals surface area contributed by atoms with Gasteiger partial charge < -0.3 is 0 Å². The van der Waals surface area contributed by atoms with Crippen molar-refractivity contribution < 1.29 is 8.42 Å². The first-order valence-corrected chi connectivity index (χ1v) is 8.55. The van der Waals surface area contributed by atoms with Gasteiger partial charge in [-0.25, -0.2) is 8.42 Å². The number of rotatable bonds is 2. The smallest absolute Gasteiger partial charge is 0.207 e. The van der Waals surface area contributed by atoms with E-state index in [0.717, 1.165) is 12.8 Å². The van der Waals surface area contributed by atoms with Gasteiger partial charge in [0, 0.05) is 13.1 Å². The van der Waals surface area contributed by atoms with E-state index < -0.39 is 10.0 Å². The molecule has 0 spiro atoms. The Hall–Kier alpha value is -0.000000000000000167. The van der Waals surface area contributed by atoms with Crippen molar-refractivity contribution in [3.63, 3.8) is 0 Å². The zero-order valence-electron chi connectivity index (χ0n) is 10.4. The summed E-state index contributed by atoms with van der Waals surface area (Å²) in [5.74, 6) is 0.552. The van der Waals surface area contributed by atoms with Crippen LogP contribution in [0.15, 0.2) is 17.0 Å². The van der Waals surface area contributed by atoms with Crippen LogP contribution in [0.1, 0.15) is 19.8 Å². The Morgan fingerprint density at radius 1 is 1.11 bits per heavy atom. The number of benzene rings is 1. The first-order valence-electron chi connectivity index (χ1n) is 5.97. The number of hydrogen-bond acceptors (Lipinski definition) is 2.